The zero-order valence-corrected chi connectivity index (χ0v) is 18.8. The summed E-state index contributed by atoms with van der Waals surface area (Å²) in [7, 11) is 1.67. The molecule has 0 bridgehead atoms. The molecule has 4 rings (SSSR count). The molecule has 2 amide bonds. The smallest absolute Gasteiger partial charge is 0.252 e. The lowest BCUT2D eigenvalue weighted by Crippen LogP contribution is -2.48. The molecule has 1 N–H and O–H groups in total. The van der Waals surface area contributed by atoms with Gasteiger partial charge in [-0.2, -0.15) is 0 Å². The SMILES string of the molecule is COc1ccccc1-c1cccc(C[C@]2(C(=O)NCCCN3CCCC3=O)CCCO2)c1. The van der Waals surface area contributed by atoms with Crippen molar-refractivity contribution in [2.24, 2.45) is 0 Å². The van der Waals surface area contributed by atoms with Crippen LogP contribution in [0, 0.1) is 0 Å². The molecule has 0 aliphatic carbocycles. The molecule has 0 spiro atoms. The van der Waals surface area contributed by atoms with Gasteiger partial charge in [-0.15, -0.1) is 0 Å². The number of ether oxygens (including phenoxy) is 2. The van der Waals surface area contributed by atoms with Crippen molar-refractivity contribution >= 4 is 11.8 Å². The molecule has 0 aromatic heterocycles. The van der Waals surface area contributed by atoms with Crippen molar-refractivity contribution in [3.63, 3.8) is 0 Å². The van der Waals surface area contributed by atoms with Crippen LogP contribution >= 0.6 is 0 Å². The minimum absolute atomic E-state index is 0.0505. The van der Waals surface area contributed by atoms with E-state index in [1.807, 2.05) is 35.2 Å². The van der Waals surface area contributed by atoms with E-state index in [4.69, 9.17) is 9.47 Å². The molecule has 2 aliphatic heterocycles. The molecule has 6 nitrogen and oxygen atoms in total. The average molecular weight is 437 g/mol. The van der Waals surface area contributed by atoms with Gasteiger partial charge in [-0.3, -0.25) is 9.59 Å². The van der Waals surface area contributed by atoms with Crippen LogP contribution < -0.4 is 10.1 Å². The molecule has 2 fully saturated rings. The molecule has 170 valence electrons. The highest BCUT2D eigenvalue weighted by molar-refractivity contribution is 5.86. The van der Waals surface area contributed by atoms with Gasteiger partial charge in [-0.1, -0.05) is 42.5 Å². The molecule has 2 aliphatic rings. The van der Waals surface area contributed by atoms with Gasteiger partial charge < -0.3 is 19.7 Å². The van der Waals surface area contributed by atoms with Crippen LogP contribution in [0.1, 0.15) is 37.7 Å². The second-order valence-electron chi connectivity index (χ2n) is 8.62. The molecule has 2 saturated heterocycles. The lowest BCUT2D eigenvalue weighted by molar-refractivity contribution is -0.141. The number of carbonyl (C=O) groups is 2. The summed E-state index contributed by atoms with van der Waals surface area (Å²) in [4.78, 5) is 26.8. The van der Waals surface area contributed by atoms with Crippen molar-refractivity contribution in [3.8, 4) is 16.9 Å². The monoisotopic (exact) mass is 436 g/mol. The third-order valence-electron chi connectivity index (χ3n) is 6.41. The third-order valence-corrected chi connectivity index (χ3v) is 6.41. The van der Waals surface area contributed by atoms with Crippen molar-refractivity contribution < 1.29 is 19.1 Å². The minimum atomic E-state index is -0.830. The predicted molar refractivity (Wildman–Crippen MR) is 123 cm³/mol. The van der Waals surface area contributed by atoms with E-state index in [0.29, 0.717) is 39.0 Å². The van der Waals surface area contributed by atoms with Crippen LogP contribution in [0.5, 0.6) is 5.75 Å². The zero-order valence-electron chi connectivity index (χ0n) is 18.8. The Labute approximate surface area is 189 Å². The van der Waals surface area contributed by atoms with Crippen LogP contribution in [0.4, 0.5) is 0 Å². The van der Waals surface area contributed by atoms with E-state index in [1.54, 1.807) is 7.11 Å². The third kappa shape index (κ3) is 4.96. The van der Waals surface area contributed by atoms with E-state index in [2.05, 4.69) is 23.5 Å². The molecule has 0 radical (unpaired) electrons. The highest BCUT2D eigenvalue weighted by Gasteiger charge is 2.42. The van der Waals surface area contributed by atoms with E-state index in [-0.39, 0.29) is 11.8 Å². The number of hydrogen-bond acceptors (Lipinski definition) is 4. The summed E-state index contributed by atoms with van der Waals surface area (Å²) in [5.41, 5.74) is 2.32. The van der Waals surface area contributed by atoms with Crippen LogP contribution in [0.2, 0.25) is 0 Å². The summed E-state index contributed by atoms with van der Waals surface area (Å²) >= 11 is 0. The molecule has 2 heterocycles. The fraction of sp³-hybridized carbons (Fsp3) is 0.462. The fourth-order valence-electron chi connectivity index (χ4n) is 4.73. The normalized spacial score (nSPS) is 20.5. The van der Waals surface area contributed by atoms with Crippen molar-refractivity contribution in [2.45, 2.75) is 44.1 Å². The molecular weight excluding hydrogens is 404 g/mol. The summed E-state index contributed by atoms with van der Waals surface area (Å²) in [6, 6.07) is 16.2. The summed E-state index contributed by atoms with van der Waals surface area (Å²) < 4.78 is 11.6. The Morgan fingerprint density at radius 2 is 2.06 bits per heavy atom. The highest BCUT2D eigenvalue weighted by Crippen LogP contribution is 2.33. The first-order valence-electron chi connectivity index (χ1n) is 11.5. The molecule has 32 heavy (non-hydrogen) atoms. The number of amides is 2. The van der Waals surface area contributed by atoms with Gasteiger partial charge in [0, 0.05) is 44.6 Å². The maximum absolute atomic E-state index is 13.2. The summed E-state index contributed by atoms with van der Waals surface area (Å²) in [5.74, 6) is 0.998. The Morgan fingerprint density at radius 1 is 1.19 bits per heavy atom. The number of benzene rings is 2. The van der Waals surface area contributed by atoms with Crippen molar-refractivity contribution in [1.29, 1.82) is 0 Å². The average Bonchev–Trinajstić information content (AvgIpc) is 3.46. The maximum Gasteiger partial charge on any atom is 0.252 e. The predicted octanol–water partition coefficient (Wildman–Crippen LogP) is 3.58. The van der Waals surface area contributed by atoms with Gasteiger partial charge in [-0.25, -0.2) is 0 Å². The number of methoxy groups -OCH3 is 1. The van der Waals surface area contributed by atoms with Crippen LogP contribution in [0.25, 0.3) is 11.1 Å². The van der Waals surface area contributed by atoms with E-state index in [1.165, 1.54) is 0 Å². The van der Waals surface area contributed by atoms with Gasteiger partial charge in [0.1, 0.15) is 5.75 Å². The Kier molecular flexibility index (Phi) is 7.10. The van der Waals surface area contributed by atoms with Gasteiger partial charge in [0.15, 0.2) is 5.60 Å². The highest BCUT2D eigenvalue weighted by atomic mass is 16.5. The van der Waals surface area contributed by atoms with Gasteiger partial charge in [0.2, 0.25) is 5.91 Å². The van der Waals surface area contributed by atoms with Gasteiger partial charge in [0.25, 0.3) is 5.91 Å². The lowest BCUT2D eigenvalue weighted by atomic mass is 9.89. The number of nitrogens with zero attached hydrogens (tertiary/aromatic N) is 1. The topological polar surface area (TPSA) is 67.9 Å². The van der Waals surface area contributed by atoms with Gasteiger partial charge >= 0.3 is 0 Å². The second-order valence-corrected chi connectivity index (χ2v) is 8.62. The van der Waals surface area contributed by atoms with Crippen molar-refractivity contribution in [3.05, 3.63) is 54.1 Å². The summed E-state index contributed by atoms with van der Waals surface area (Å²) in [6.45, 7) is 2.69. The van der Waals surface area contributed by atoms with Crippen LogP contribution in [0.3, 0.4) is 0 Å². The lowest BCUT2D eigenvalue weighted by Gasteiger charge is -2.28. The van der Waals surface area contributed by atoms with Crippen molar-refractivity contribution in [1.82, 2.24) is 10.2 Å². The van der Waals surface area contributed by atoms with E-state index < -0.39 is 5.60 Å². The molecule has 0 saturated carbocycles. The quantitative estimate of drug-likeness (QED) is 0.610. The number of likely N-dealkylation sites (tertiary alicyclic amines) is 1. The summed E-state index contributed by atoms with van der Waals surface area (Å²) in [5, 5.41) is 3.07. The number of nitrogens with one attached hydrogen (secondary N) is 1. The maximum atomic E-state index is 13.2. The molecular formula is C26H32N2O4. The molecule has 6 heteroatoms. The second kappa shape index (κ2) is 10.2. The fourth-order valence-corrected chi connectivity index (χ4v) is 4.73. The molecule has 2 aromatic rings. The first kappa shape index (κ1) is 22.3. The molecule has 0 unspecified atom stereocenters. The number of hydrogen-bond donors (Lipinski definition) is 1. The van der Waals surface area contributed by atoms with Gasteiger partial charge in [0.05, 0.1) is 7.11 Å². The van der Waals surface area contributed by atoms with E-state index in [0.717, 1.165) is 48.2 Å². The minimum Gasteiger partial charge on any atom is -0.496 e. The number of para-hydroxylation sites is 1. The first-order valence-corrected chi connectivity index (χ1v) is 11.5. The van der Waals surface area contributed by atoms with E-state index in [9.17, 15) is 9.59 Å². The largest absolute Gasteiger partial charge is 0.496 e. The standard InChI is InChI=1S/C26H32N2O4/c1-31-23-11-3-2-10-22(23)21-9-4-8-20(18-21)19-26(13-6-17-32-26)25(30)27-14-7-16-28-15-5-12-24(28)29/h2-4,8-11,18H,5-7,12-17,19H2,1H3,(H,27,30)/t26-/m0/s1. The number of carbonyl (C=O) groups excluding carboxylic acids is 2. The first-order chi connectivity index (χ1) is 15.6. The van der Waals surface area contributed by atoms with Crippen LogP contribution in [-0.4, -0.2) is 55.7 Å². The molecule has 2 aromatic carbocycles. The van der Waals surface area contributed by atoms with E-state index >= 15 is 0 Å². The Balaban J connectivity index is 1.41. The Morgan fingerprint density at radius 3 is 2.81 bits per heavy atom. The van der Waals surface area contributed by atoms with Crippen LogP contribution in [-0.2, 0) is 20.7 Å². The molecule has 1 atom stereocenters. The number of rotatable bonds is 9. The Hall–Kier alpha value is -2.86. The van der Waals surface area contributed by atoms with Gasteiger partial charge in [-0.05, 0) is 42.9 Å². The van der Waals surface area contributed by atoms with Crippen molar-refractivity contribution in [2.75, 3.05) is 33.4 Å². The zero-order chi connectivity index (χ0) is 22.4. The van der Waals surface area contributed by atoms with Crippen LogP contribution in [0.15, 0.2) is 48.5 Å². The summed E-state index contributed by atoms with van der Waals surface area (Å²) in [6.07, 6.45) is 4.47. The Bertz CT molecular complexity index is 952.